The molecule has 0 N–H and O–H groups in total. The molecule has 5 nitrogen and oxygen atoms in total. The van der Waals surface area contributed by atoms with Crippen LogP contribution >= 0.6 is 0 Å². The third kappa shape index (κ3) is 4.92. The number of hydrogen-bond donors (Lipinski definition) is 0. The first kappa shape index (κ1) is 18.6. The number of alkyl halides is 1. The lowest BCUT2D eigenvalue weighted by Gasteiger charge is -2.37. The molecule has 2 fully saturated rings. The van der Waals surface area contributed by atoms with Gasteiger partial charge in [-0.2, -0.15) is 0 Å². The Morgan fingerprint density at radius 3 is 2.20 bits per heavy atom. The smallest absolute Gasteiger partial charge is 0.150 e. The lowest BCUT2D eigenvalue weighted by molar-refractivity contribution is 0.101. The second kappa shape index (κ2) is 8.47. The monoisotopic (exact) mass is 356 g/mol. The summed E-state index contributed by atoms with van der Waals surface area (Å²) in [6, 6.07) is 0. The topological polar surface area (TPSA) is 22.2 Å². The summed E-state index contributed by atoms with van der Waals surface area (Å²) in [5.41, 5.74) is 0.208. The lowest BCUT2D eigenvalue weighted by atomic mass is 10.0. The number of rotatable bonds is 5. The first-order chi connectivity index (χ1) is 12.0. The summed E-state index contributed by atoms with van der Waals surface area (Å²) in [6.45, 7) is 8.46. The van der Waals surface area contributed by atoms with Gasteiger partial charge in [-0.05, 0) is 14.1 Å². The van der Waals surface area contributed by atoms with Gasteiger partial charge < -0.3 is 19.4 Å². The van der Waals surface area contributed by atoms with Crippen molar-refractivity contribution < 1.29 is 13.5 Å². The fourth-order valence-electron chi connectivity index (χ4n) is 3.57. The van der Waals surface area contributed by atoms with Crippen LogP contribution in [0.25, 0.3) is 0 Å². The molecule has 142 valence electrons. The molecule has 0 aromatic rings. The zero-order valence-corrected chi connectivity index (χ0v) is 15.4. The molecular weight excluding hydrogens is 326 g/mol. The van der Waals surface area contributed by atoms with Crippen molar-refractivity contribution in [3.8, 4) is 0 Å². The van der Waals surface area contributed by atoms with Crippen LogP contribution in [0, 0.1) is 0 Å². The van der Waals surface area contributed by atoms with E-state index in [1.807, 2.05) is 11.9 Å². The van der Waals surface area contributed by atoms with Crippen LogP contribution in [0.3, 0.4) is 0 Å². The third-order valence-corrected chi connectivity index (χ3v) is 5.34. The van der Waals surface area contributed by atoms with Crippen molar-refractivity contribution in [2.24, 2.45) is 0 Å². The average Bonchev–Trinajstić information content (AvgIpc) is 2.58. The maximum Gasteiger partial charge on any atom is 0.150 e. The molecule has 7 heteroatoms. The highest BCUT2D eigenvalue weighted by atomic mass is 19.1. The van der Waals surface area contributed by atoms with Crippen LogP contribution in [0.15, 0.2) is 23.4 Å². The van der Waals surface area contributed by atoms with Crippen molar-refractivity contribution in [1.29, 1.82) is 0 Å². The number of nitrogens with zero attached hydrogens (tertiary/aromatic N) is 4. The van der Waals surface area contributed by atoms with Gasteiger partial charge >= 0.3 is 0 Å². The van der Waals surface area contributed by atoms with Crippen LogP contribution in [0.4, 0.5) is 8.78 Å². The molecule has 25 heavy (non-hydrogen) atoms. The first-order valence-corrected chi connectivity index (χ1v) is 9.24. The Kier molecular flexibility index (Phi) is 6.30. The summed E-state index contributed by atoms with van der Waals surface area (Å²) in [5.74, 6) is -0.0464. The normalized spacial score (nSPS) is 27.6. The van der Waals surface area contributed by atoms with E-state index < -0.39 is 12.0 Å². The standard InChI is InChI=1S/C18H30F2N4O/c1-21-3-7-23(8-4-21)11-12-25-15-13-16(19)18(17(20)14-15)24-9-5-22(2)6-10-24/h13,17H,3-12,14H2,1-2H3. The van der Waals surface area contributed by atoms with E-state index in [4.69, 9.17) is 4.74 Å². The van der Waals surface area contributed by atoms with Gasteiger partial charge in [0.05, 0.1) is 5.70 Å². The Bertz CT molecular complexity index is 509. The zero-order valence-electron chi connectivity index (χ0n) is 15.4. The van der Waals surface area contributed by atoms with Crippen molar-refractivity contribution >= 4 is 0 Å². The van der Waals surface area contributed by atoms with Gasteiger partial charge in [-0.15, -0.1) is 0 Å². The SMILES string of the molecule is CN1CCN(CCOC2=CC(F)=C(N3CCN(C)CC3)C(F)C2)CC1. The predicted molar refractivity (Wildman–Crippen MR) is 94.7 cm³/mol. The van der Waals surface area contributed by atoms with Crippen LogP contribution < -0.4 is 0 Å². The molecule has 3 aliphatic rings. The highest BCUT2D eigenvalue weighted by Crippen LogP contribution is 2.31. The minimum absolute atomic E-state index is 0.137. The summed E-state index contributed by atoms with van der Waals surface area (Å²) in [4.78, 5) is 8.65. The molecule has 2 heterocycles. The molecule has 0 amide bonds. The average molecular weight is 356 g/mol. The molecule has 0 aromatic heterocycles. The first-order valence-electron chi connectivity index (χ1n) is 9.24. The molecule has 3 rings (SSSR count). The van der Waals surface area contributed by atoms with Crippen LogP contribution in [-0.4, -0.2) is 105 Å². The van der Waals surface area contributed by atoms with Gasteiger partial charge in [0, 0.05) is 71.4 Å². The molecule has 1 atom stereocenters. The Morgan fingerprint density at radius 1 is 1.00 bits per heavy atom. The van der Waals surface area contributed by atoms with Crippen molar-refractivity contribution in [2.45, 2.75) is 12.6 Å². The predicted octanol–water partition coefficient (Wildman–Crippen LogP) is 1.30. The molecule has 0 saturated carbocycles. The molecule has 0 bridgehead atoms. The summed E-state index contributed by atoms with van der Waals surface area (Å²) in [5, 5.41) is 0. The van der Waals surface area contributed by atoms with Gasteiger partial charge in [0.1, 0.15) is 24.4 Å². The Labute approximate surface area is 149 Å². The molecular formula is C18H30F2N4O. The van der Waals surface area contributed by atoms with E-state index in [1.54, 1.807) is 0 Å². The largest absolute Gasteiger partial charge is 0.496 e. The van der Waals surface area contributed by atoms with Gasteiger partial charge in [-0.1, -0.05) is 0 Å². The van der Waals surface area contributed by atoms with Crippen molar-refractivity contribution in [2.75, 3.05) is 79.6 Å². The second-order valence-corrected chi connectivity index (χ2v) is 7.30. The number of allylic oxidation sites excluding steroid dienone is 4. The van der Waals surface area contributed by atoms with E-state index in [0.29, 0.717) is 25.5 Å². The van der Waals surface area contributed by atoms with Crippen LogP contribution in [0.2, 0.25) is 0 Å². The number of hydrogen-bond acceptors (Lipinski definition) is 5. The van der Waals surface area contributed by atoms with Gasteiger partial charge in [-0.25, -0.2) is 8.78 Å². The summed E-state index contributed by atoms with van der Waals surface area (Å²) < 4.78 is 34.7. The van der Waals surface area contributed by atoms with Crippen LogP contribution in [0.5, 0.6) is 0 Å². The Hall–Kier alpha value is -1.18. The summed E-state index contributed by atoms with van der Waals surface area (Å²) in [6.07, 6.45) is 0.206. The molecule has 1 aliphatic carbocycles. The fraction of sp³-hybridized carbons (Fsp3) is 0.778. The molecule has 0 aromatic carbocycles. The van der Waals surface area contributed by atoms with Gasteiger partial charge in [0.2, 0.25) is 0 Å². The maximum atomic E-state index is 14.6. The third-order valence-electron chi connectivity index (χ3n) is 5.34. The van der Waals surface area contributed by atoms with Gasteiger partial charge in [-0.3, -0.25) is 4.90 Å². The number of likely N-dealkylation sites (N-methyl/N-ethyl adjacent to an activating group) is 2. The fourth-order valence-corrected chi connectivity index (χ4v) is 3.57. The van der Waals surface area contributed by atoms with E-state index >= 15 is 0 Å². The highest BCUT2D eigenvalue weighted by Gasteiger charge is 2.30. The van der Waals surface area contributed by atoms with E-state index in [0.717, 1.165) is 45.8 Å². The van der Waals surface area contributed by atoms with Crippen LogP contribution in [0.1, 0.15) is 6.42 Å². The molecule has 2 saturated heterocycles. The second-order valence-electron chi connectivity index (χ2n) is 7.30. The number of ether oxygens (including phenoxy) is 1. The lowest BCUT2D eigenvalue weighted by Crippen LogP contribution is -2.46. The quantitative estimate of drug-likeness (QED) is 0.739. The van der Waals surface area contributed by atoms with Crippen molar-refractivity contribution in [3.05, 3.63) is 23.4 Å². The van der Waals surface area contributed by atoms with E-state index in [2.05, 4.69) is 21.7 Å². The number of piperazine rings is 2. The Balaban J connectivity index is 1.50. The molecule has 0 radical (unpaired) electrons. The van der Waals surface area contributed by atoms with Gasteiger partial charge in [0.15, 0.2) is 0 Å². The Morgan fingerprint density at radius 2 is 1.60 bits per heavy atom. The maximum absolute atomic E-state index is 14.6. The van der Waals surface area contributed by atoms with Crippen molar-refractivity contribution in [3.63, 3.8) is 0 Å². The van der Waals surface area contributed by atoms with Crippen LogP contribution in [-0.2, 0) is 4.74 Å². The zero-order chi connectivity index (χ0) is 17.8. The molecule has 2 aliphatic heterocycles. The summed E-state index contributed by atoms with van der Waals surface area (Å²) >= 11 is 0. The van der Waals surface area contributed by atoms with E-state index in [9.17, 15) is 8.78 Å². The molecule has 1 unspecified atom stereocenters. The highest BCUT2D eigenvalue weighted by molar-refractivity contribution is 5.30. The minimum Gasteiger partial charge on any atom is -0.496 e. The van der Waals surface area contributed by atoms with Gasteiger partial charge in [0.25, 0.3) is 0 Å². The van der Waals surface area contributed by atoms with Crippen molar-refractivity contribution in [1.82, 2.24) is 19.6 Å². The molecule has 0 spiro atoms. The number of halogens is 2. The summed E-state index contributed by atoms with van der Waals surface area (Å²) in [7, 11) is 4.15. The van der Waals surface area contributed by atoms with E-state index in [1.165, 1.54) is 6.08 Å². The van der Waals surface area contributed by atoms with E-state index in [-0.39, 0.29) is 12.1 Å². The minimum atomic E-state index is -1.31.